The topological polar surface area (TPSA) is 115 Å². The van der Waals surface area contributed by atoms with Crippen LogP contribution in [0.3, 0.4) is 0 Å². The fourth-order valence-electron chi connectivity index (χ4n) is 3.73. The first-order chi connectivity index (χ1) is 15.9. The van der Waals surface area contributed by atoms with Gasteiger partial charge in [-0.1, -0.05) is 36.3 Å². The Hall–Kier alpha value is -4.69. The minimum Gasteiger partial charge on any atom is -0.495 e. The number of nitriles is 1. The van der Waals surface area contributed by atoms with E-state index in [4.69, 9.17) is 26.4 Å². The summed E-state index contributed by atoms with van der Waals surface area (Å²) in [6, 6.07) is 15.6. The number of allylic oxidation sites excluding steroid dienone is 1. The molecule has 1 heterocycles. The van der Waals surface area contributed by atoms with E-state index in [1.54, 1.807) is 48.5 Å². The van der Waals surface area contributed by atoms with Gasteiger partial charge in [0.25, 0.3) is 0 Å². The number of hydrogen-bond donors (Lipinski definition) is 1. The van der Waals surface area contributed by atoms with Crippen LogP contribution in [0.25, 0.3) is 0 Å². The van der Waals surface area contributed by atoms with Crippen LogP contribution in [0, 0.1) is 23.7 Å². The van der Waals surface area contributed by atoms with Crippen LogP contribution in [-0.4, -0.2) is 33.3 Å². The van der Waals surface area contributed by atoms with Gasteiger partial charge in [0, 0.05) is 5.69 Å². The highest BCUT2D eigenvalue weighted by atomic mass is 16.5. The average molecular weight is 443 g/mol. The fourth-order valence-corrected chi connectivity index (χ4v) is 3.73. The molecule has 8 nitrogen and oxygen atoms in total. The molecule has 1 aliphatic rings. The monoisotopic (exact) mass is 443 g/mol. The second-order valence-corrected chi connectivity index (χ2v) is 6.86. The van der Waals surface area contributed by atoms with Gasteiger partial charge in [-0.3, -0.25) is 4.90 Å². The van der Waals surface area contributed by atoms with E-state index < -0.39 is 17.9 Å². The van der Waals surface area contributed by atoms with Crippen molar-refractivity contribution < 1.29 is 23.8 Å². The first kappa shape index (κ1) is 23.0. The Morgan fingerprint density at radius 3 is 2.27 bits per heavy atom. The third-order valence-electron chi connectivity index (χ3n) is 5.21. The Morgan fingerprint density at radius 1 is 1.06 bits per heavy atom. The van der Waals surface area contributed by atoms with Crippen LogP contribution in [0.5, 0.6) is 5.75 Å². The lowest BCUT2D eigenvalue weighted by atomic mass is 9.81. The lowest BCUT2D eigenvalue weighted by Gasteiger charge is -2.36. The van der Waals surface area contributed by atoms with E-state index in [1.807, 2.05) is 0 Å². The number of terminal acetylenes is 1. The quantitative estimate of drug-likeness (QED) is 0.554. The van der Waals surface area contributed by atoms with Crippen molar-refractivity contribution in [3.63, 3.8) is 0 Å². The summed E-state index contributed by atoms with van der Waals surface area (Å²) in [6.07, 6.45) is 5.61. The number of rotatable bonds is 5. The van der Waals surface area contributed by atoms with E-state index in [2.05, 4.69) is 12.0 Å². The van der Waals surface area contributed by atoms with Gasteiger partial charge in [0.05, 0.1) is 50.0 Å². The number of esters is 2. The number of ether oxygens (including phenoxy) is 3. The summed E-state index contributed by atoms with van der Waals surface area (Å²) >= 11 is 0. The molecule has 0 bridgehead atoms. The molecule has 33 heavy (non-hydrogen) atoms. The number of carbonyl (C=O) groups is 2. The highest BCUT2D eigenvalue weighted by Gasteiger charge is 2.43. The molecule has 0 fully saturated rings. The van der Waals surface area contributed by atoms with Crippen molar-refractivity contribution in [2.75, 3.05) is 26.2 Å². The molecule has 0 spiro atoms. The standard InChI is InChI=1S/C25H21N3O5/c1-5-15-13-17(11-12-19(15)31-2)28-22(25(30)33-4)21(24(29)32-3)20(18(14-26)23(28)27)16-9-7-6-8-10-16/h1,6-13,20H,27H2,2-4H3. The van der Waals surface area contributed by atoms with E-state index in [9.17, 15) is 14.9 Å². The van der Waals surface area contributed by atoms with Gasteiger partial charge in [0.2, 0.25) is 0 Å². The van der Waals surface area contributed by atoms with Gasteiger partial charge in [-0.05, 0) is 23.8 Å². The van der Waals surface area contributed by atoms with Crippen LogP contribution < -0.4 is 15.4 Å². The minimum atomic E-state index is -0.945. The summed E-state index contributed by atoms with van der Waals surface area (Å²) in [4.78, 5) is 27.3. The number of hydrogen-bond acceptors (Lipinski definition) is 8. The predicted octanol–water partition coefficient (Wildman–Crippen LogP) is 2.57. The molecule has 2 N–H and O–H groups in total. The van der Waals surface area contributed by atoms with Crippen molar-refractivity contribution in [2.24, 2.45) is 5.73 Å². The van der Waals surface area contributed by atoms with Crippen LogP contribution in [0.4, 0.5) is 5.69 Å². The van der Waals surface area contributed by atoms with Gasteiger partial charge in [-0.15, -0.1) is 6.42 Å². The fraction of sp³-hybridized carbons (Fsp3) is 0.160. The molecule has 1 unspecified atom stereocenters. The Kier molecular flexibility index (Phi) is 6.71. The zero-order valence-electron chi connectivity index (χ0n) is 18.3. The Balaban J connectivity index is 2.42. The molecular formula is C25H21N3O5. The van der Waals surface area contributed by atoms with Crippen LogP contribution in [0.15, 0.2) is 71.2 Å². The van der Waals surface area contributed by atoms with E-state index in [0.717, 1.165) is 0 Å². The summed E-state index contributed by atoms with van der Waals surface area (Å²) in [5, 5.41) is 10.0. The molecule has 8 heteroatoms. The molecule has 0 radical (unpaired) electrons. The van der Waals surface area contributed by atoms with Crippen molar-refractivity contribution in [1.82, 2.24) is 0 Å². The zero-order valence-corrected chi connectivity index (χ0v) is 18.3. The van der Waals surface area contributed by atoms with E-state index in [0.29, 0.717) is 22.6 Å². The SMILES string of the molecule is C#Cc1cc(N2C(N)=C(C#N)C(c3ccccc3)C(C(=O)OC)=C2C(=O)OC)ccc1OC. The summed E-state index contributed by atoms with van der Waals surface area (Å²) in [5.41, 5.74) is 7.55. The van der Waals surface area contributed by atoms with Crippen LogP contribution in [0.2, 0.25) is 0 Å². The summed E-state index contributed by atoms with van der Waals surface area (Å²) < 4.78 is 15.3. The third kappa shape index (κ3) is 3.98. The first-order valence-corrected chi connectivity index (χ1v) is 9.73. The third-order valence-corrected chi connectivity index (χ3v) is 5.21. The Morgan fingerprint density at radius 2 is 1.73 bits per heavy atom. The van der Waals surface area contributed by atoms with Gasteiger partial charge in [0.15, 0.2) is 0 Å². The van der Waals surface area contributed by atoms with Gasteiger partial charge < -0.3 is 19.9 Å². The molecule has 0 saturated heterocycles. The summed E-state index contributed by atoms with van der Waals surface area (Å²) in [5.74, 6) is 0.300. The molecule has 3 rings (SSSR count). The van der Waals surface area contributed by atoms with Crippen molar-refractivity contribution in [3.8, 4) is 24.2 Å². The van der Waals surface area contributed by atoms with Gasteiger partial charge in [0.1, 0.15) is 17.3 Å². The lowest BCUT2D eigenvalue weighted by molar-refractivity contribution is -0.139. The summed E-state index contributed by atoms with van der Waals surface area (Å²) in [6.45, 7) is 0. The van der Waals surface area contributed by atoms with E-state index in [-0.39, 0.29) is 22.7 Å². The largest absolute Gasteiger partial charge is 0.495 e. The minimum absolute atomic E-state index is 0.0486. The molecule has 1 atom stereocenters. The molecule has 2 aromatic rings. The number of anilines is 1. The molecule has 0 amide bonds. The zero-order chi connectivity index (χ0) is 24.1. The van der Waals surface area contributed by atoms with Crippen molar-refractivity contribution in [2.45, 2.75) is 5.92 Å². The van der Waals surface area contributed by atoms with Gasteiger partial charge in [-0.25, -0.2) is 9.59 Å². The van der Waals surface area contributed by atoms with Crippen LogP contribution in [-0.2, 0) is 19.1 Å². The van der Waals surface area contributed by atoms with Gasteiger partial charge in [-0.2, -0.15) is 5.26 Å². The molecule has 0 aliphatic carbocycles. The number of nitrogens with two attached hydrogens (primary N) is 1. The molecule has 1 aliphatic heterocycles. The van der Waals surface area contributed by atoms with Crippen molar-refractivity contribution in [3.05, 3.63) is 82.3 Å². The number of nitrogens with zero attached hydrogens (tertiary/aromatic N) is 2. The first-order valence-electron chi connectivity index (χ1n) is 9.73. The number of benzene rings is 2. The van der Waals surface area contributed by atoms with Crippen molar-refractivity contribution >= 4 is 17.6 Å². The van der Waals surface area contributed by atoms with Crippen LogP contribution in [0.1, 0.15) is 17.0 Å². The maximum atomic E-state index is 13.0. The van der Waals surface area contributed by atoms with E-state index >= 15 is 0 Å². The van der Waals surface area contributed by atoms with Gasteiger partial charge >= 0.3 is 11.9 Å². The molecule has 0 saturated carbocycles. The second-order valence-electron chi connectivity index (χ2n) is 6.86. The molecular weight excluding hydrogens is 422 g/mol. The smallest absolute Gasteiger partial charge is 0.355 e. The van der Waals surface area contributed by atoms with Crippen LogP contribution >= 0.6 is 0 Å². The normalized spacial score (nSPS) is 15.4. The Bertz CT molecular complexity index is 1250. The highest BCUT2D eigenvalue weighted by Crippen LogP contribution is 2.43. The highest BCUT2D eigenvalue weighted by molar-refractivity contribution is 6.06. The van der Waals surface area contributed by atoms with E-state index in [1.165, 1.54) is 26.2 Å². The summed E-state index contributed by atoms with van der Waals surface area (Å²) in [7, 11) is 3.84. The molecule has 166 valence electrons. The predicted molar refractivity (Wildman–Crippen MR) is 120 cm³/mol. The number of carbonyl (C=O) groups excluding carboxylic acids is 2. The average Bonchev–Trinajstić information content (AvgIpc) is 2.86. The molecule has 0 aromatic heterocycles. The lowest BCUT2D eigenvalue weighted by Crippen LogP contribution is -2.40. The maximum absolute atomic E-state index is 13.0. The Labute approximate surface area is 191 Å². The number of methoxy groups -OCH3 is 3. The van der Waals surface area contributed by atoms with Crippen molar-refractivity contribution in [1.29, 1.82) is 5.26 Å². The second kappa shape index (κ2) is 9.63. The maximum Gasteiger partial charge on any atom is 0.355 e. The molecule has 2 aromatic carbocycles.